The van der Waals surface area contributed by atoms with E-state index in [0.717, 1.165) is 31.0 Å². The Morgan fingerprint density at radius 2 is 1.90 bits per heavy atom. The molecule has 1 aliphatic rings. The molecule has 4 nitrogen and oxygen atoms in total. The van der Waals surface area contributed by atoms with Crippen LogP contribution in [0, 0.1) is 6.92 Å². The van der Waals surface area contributed by atoms with Crippen molar-refractivity contribution in [1.29, 1.82) is 0 Å². The van der Waals surface area contributed by atoms with Crippen molar-refractivity contribution in [2.75, 3.05) is 46.3 Å². The fourth-order valence-electron chi connectivity index (χ4n) is 2.96. The molecule has 0 radical (unpaired) electrons. The lowest BCUT2D eigenvalue weighted by atomic mass is 10.1. The number of rotatable bonds is 5. The van der Waals surface area contributed by atoms with Crippen LogP contribution in [0.4, 0.5) is 0 Å². The molecule has 1 aromatic carbocycles. The largest absolute Gasteiger partial charge is 0.461 e. The van der Waals surface area contributed by atoms with Gasteiger partial charge >= 0.3 is 0 Å². The molecule has 1 aromatic heterocycles. The third kappa shape index (κ3) is 3.46. The fourth-order valence-corrected chi connectivity index (χ4v) is 2.96. The number of likely N-dealkylation sites (N-methyl/N-ethyl adjacent to an activating group) is 1. The summed E-state index contributed by atoms with van der Waals surface area (Å²) >= 11 is 0. The topological polar surface area (TPSA) is 31.7 Å². The van der Waals surface area contributed by atoms with E-state index < -0.39 is 0 Å². The van der Waals surface area contributed by atoms with Gasteiger partial charge in [-0.2, -0.15) is 0 Å². The van der Waals surface area contributed by atoms with Crippen LogP contribution < -0.4 is 5.32 Å². The van der Waals surface area contributed by atoms with Crippen molar-refractivity contribution < 1.29 is 4.42 Å². The second-order valence-corrected chi connectivity index (χ2v) is 5.95. The predicted octanol–water partition coefficient (Wildman–Crippen LogP) is 2.08. The SMILES string of the molecule is Cc1oc2ccccc2c1CNCCN1CCN(C)CC1. The van der Waals surface area contributed by atoms with Crippen LogP contribution in [-0.2, 0) is 6.54 Å². The van der Waals surface area contributed by atoms with E-state index >= 15 is 0 Å². The number of nitrogens with zero attached hydrogens (tertiary/aromatic N) is 2. The van der Waals surface area contributed by atoms with Crippen LogP contribution >= 0.6 is 0 Å². The molecule has 1 saturated heterocycles. The molecule has 1 fully saturated rings. The van der Waals surface area contributed by atoms with Crippen LogP contribution in [0.3, 0.4) is 0 Å². The molecule has 2 heterocycles. The van der Waals surface area contributed by atoms with Gasteiger partial charge in [0.25, 0.3) is 0 Å². The Balaban J connectivity index is 1.49. The number of furan rings is 1. The minimum absolute atomic E-state index is 0.886. The summed E-state index contributed by atoms with van der Waals surface area (Å²) < 4.78 is 5.80. The van der Waals surface area contributed by atoms with Gasteiger partial charge in [-0.25, -0.2) is 0 Å². The van der Waals surface area contributed by atoms with E-state index in [-0.39, 0.29) is 0 Å². The standard InChI is InChI=1S/C17H25N3O/c1-14-16(15-5-3-4-6-17(15)21-14)13-18-7-8-20-11-9-19(2)10-12-20/h3-6,18H,7-13H2,1-2H3. The summed E-state index contributed by atoms with van der Waals surface area (Å²) in [6, 6.07) is 8.28. The van der Waals surface area contributed by atoms with Gasteiger partial charge in [0.15, 0.2) is 0 Å². The Labute approximate surface area is 126 Å². The maximum absolute atomic E-state index is 5.80. The number of nitrogens with one attached hydrogen (secondary N) is 1. The molecule has 0 aliphatic carbocycles. The molecule has 0 saturated carbocycles. The first-order chi connectivity index (χ1) is 10.2. The third-order valence-corrected chi connectivity index (χ3v) is 4.40. The van der Waals surface area contributed by atoms with Crippen molar-refractivity contribution in [3.05, 3.63) is 35.6 Å². The Hall–Kier alpha value is -1.36. The molecule has 0 spiro atoms. The van der Waals surface area contributed by atoms with E-state index in [9.17, 15) is 0 Å². The zero-order valence-corrected chi connectivity index (χ0v) is 13.1. The first kappa shape index (κ1) is 14.6. The summed E-state index contributed by atoms with van der Waals surface area (Å²) in [4.78, 5) is 4.93. The van der Waals surface area contributed by atoms with Crippen molar-refractivity contribution in [2.45, 2.75) is 13.5 Å². The lowest BCUT2D eigenvalue weighted by Crippen LogP contribution is -2.46. The second kappa shape index (κ2) is 6.60. The highest BCUT2D eigenvalue weighted by Gasteiger charge is 2.13. The molecule has 1 N–H and O–H groups in total. The van der Waals surface area contributed by atoms with Gasteiger partial charge in [-0.3, -0.25) is 4.90 Å². The summed E-state index contributed by atoms with van der Waals surface area (Å²) in [5.74, 6) is 1.03. The van der Waals surface area contributed by atoms with Gasteiger partial charge in [-0.05, 0) is 20.0 Å². The number of piperazine rings is 1. The molecular weight excluding hydrogens is 262 g/mol. The molecule has 0 unspecified atom stereocenters. The lowest BCUT2D eigenvalue weighted by molar-refractivity contribution is 0.154. The van der Waals surface area contributed by atoms with E-state index in [1.807, 2.05) is 12.1 Å². The number of hydrogen-bond donors (Lipinski definition) is 1. The van der Waals surface area contributed by atoms with E-state index in [4.69, 9.17) is 4.42 Å². The minimum Gasteiger partial charge on any atom is -0.461 e. The van der Waals surface area contributed by atoms with Gasteiger partial charge in [-0.1, -0.05) is 18.2 Å². The van der Waals surface area contributed by atoms with Gasteiger partial charge in [0, 0.05) is 56.8 Å². The molecule has 4 heteroatoms. The highest BCUT2D eigenvalue weighted by atomic mass is 16.3. The number of fused-ring (bicyclic) bond motifs is 1. The number of benzene rings is 1. The normalized spacial score (nSPS) is 17.6. The van der Waals surface area contributed by atoms with E-state index in [0.29, 0.717) is 0 Å². The van der Waals surface area contributed by atoms with Crippen molar-refractivity contribution >= 4 is 11.0 Å². The highest BCUT2D eigenvalue weighted by molar-refractivity contribution is 5.82. The van der Waals surface area contributed by atoms with Gasteiger partial charge in [0.2, 0.25) is 0 Å². The molecule has 0 amide bonds. The fraction of sp³-hybridized carbons (Fsp3) is 0.529. The Bertz CT molecular complexity index is 585. The van der Waals surface area contributed by atoms with Crippen molar-refractivity contribution in [3.63, 3.8) is 0 Å². The maximum Gasteiger partial charge on any atom is 0.134 e. The zero-order valence-electron chi connectivity index (χ0n) is 13.1. The summed E-state index contributed by atoms with van der Waals surface area (Å²) in [7, 11) is 2.20. The van der Waals surface area contributed by atoms with Crippen LogP contribution in [0.2, 0.25) is 0 Å². The van der Waals surface area contributed by atoms with Crippen LogP contribution in [0.15, 0.2) is 28.7 Å². The summed E-state index contributed by atoms with van der Waals surface area (Å²) in [6.07, 6.45) is 0. The summed E-state index contributed by atoms with van der Waals surface area (Å²) in [5, 5.41) is 4.80. The molecule has 21 heavy (non-hydrogen) atoms. The first-order valence-electron chi connectivity index (χ1n) is 7.82. The smallest absolute Gasteiger partial charge is 0.134 e. The van der Waals surface area contributed by atoms with Crippen LogP contribution in [0.25, 0.3) is 11.0 Å². The summed E-state index contributed by atoms with van der Waals surface area (Å²) in [5.41, 5.74) is 2.29. The van der Waals surface area contributed by atoms with E-state index in [1.165, 1.54) is 37.1 Å². The van der Waals surface area contributed by atoms with Crippen molar-refractivity contribution in [2.24, 2.45) is 0 Å². The Morgan fingerprint density at radius 3 is 2.71 bits per heavy atom. The van der Waals surface area contributed by atoms with Crippen molar-refractivity contribution in [3.8, 4) is 0 Å². The van der Waals surface area contributed by atoms with Crippen molar-refractivity contribution in [1.82, 2.24) is 15.1 Å². The number of hydrogen-bond acceptors (Lipinski definition) is 4. The van der Waals surface area contributed by atoms with Gasteiger partial charge in [0.1, 0.15) is 11.3 Å². The highest BCUT2D eigenvalue weighted by Crippen LogP contribution is 2.24. The maximum atomic E-state index is 5.80. The van der Waals surface area contributed by atoms with E-state index in [1.54, 1.807) is 0 Å². The quantitative estimate of drug-likeness (QED) is 0.853. The van der Waals surface area contributed by atoms with Crippen LogP contribution in [0.5, 0.6) is 0 Å². The van der Waals surface area contributed by atoms with Gasteiger partial charge in [-0.15, -0.1) is 0 Å². The third-order valence-electron chi connectivity index (χ3n) is 4.40. The Morgan fingerprint density at radius 1 is 1.14 bits per heavy atom. The van der Waals surface area contributed by atoms with E-state index in [2.05, 4.69) is 41.2 Å². The molecular formula is C17H25N3O. The average Bonchev–Trinajstić information content (AvgIpc) is 2.81. The molecule has 0 bridgehead atoms. The molecule has 114 valence electrons. The zero-order chi connectivity index (χ0) is 14.7. The van der Waals surface area contributed by atoms with Crippen LogP contribution in [-0.4, -0.2) is 56.1 Å². The lowest BCUT2D eigenvalue weighted by Gasteiger charge is -2.32. The first-order valence-corrected chi connectivity index (χ1v) is 7.82. The predicted molar refractivity (Wildman–Crippen MR) is 86.6 cm³/mol. The summed E-state index contributed by atoms with van der Waals surface area (Å²) in [6.45, 7) is 9.84. The number of aryl methyl sites for hydroxylation is 1. The average molecular weight is 287 g/mol. The number of para-hydroxylation sites is 1. The monoisotopic (exact) mass is 287 g/mol. The van der Waals surface area contributed by atoms with Gasteiger partial charge in [0.05, 0.1) is 0 Å². The minimum atomic E-state index is 0.886. The second-order valence-electron chi connectivity index (χ2n) is 5.95. The van der Waals surface area contributed by atoms with Crippen LogP contribution in [0.1, 0.15) is 11.3 Å². The molecule has 3 rings (SSSR count). The molecule has 2 aromatic rings. The van der Waals surface area contributed by atoms with Gasteiger partial charge < -0.3 is 14.6 Å². The Kier molecular flexibility index (Phi) is 4.58. The molecule has 0 atom stereocenters. The molecule has 1 aliphatic heterocycles.